The standard InChI is InChI=1S/C19H41NO3S.C5H11NO2/c1-4-5-6-7-8-9-10-11-12-13-14-15-17-20(2,3)18-16-19-24(21,22)23;1-6(2,3)4-5(7)8/h4-19H2,1-3H3;4H2,1-3H3/p+1. The lowest BCUT2D eigenvalue weighted by Crippen LogP contribution is -2.45. The molecular formula is C24H53N2O5S+. The number of hydrogen-bond acceptors (Lipinski definition) is 4. The first-order valence-electron chi connectivity index (χ1n) is 12.5. The Morgan fingerprint density at radius 3 is 1.41 bits per heavy atom. The largest absolute Gasteiger partial charge is 0.544 e. The minimum absolute atomic E-state index is 0.0694. The highest BCUT2D eigenvalue weighted by Crippen LogP contribution is 2.13. The van der Waals surface area contributed by atoms with Crippen molar-refractivity contribution in [3.8, 4) is 0 Å². The third-order valence-corrected chi connectivity index (χ3v) is 6.19. The van der Waals surface area contributed by atoms with Gasteiger partial charge in [-0.3, -0.25) is 4.55 Å². The molecule has 7 nitrogen and oxygen atoms in total. The number of rotatable bonds is 19. The Kier molecular flexibility index (Phi) is 19.6. The van der Waals surface area contributed by atoms with Gasteiger partial charge in [0, 0.05) is 6.42 Å². The predicted octanol–water partition coefficient (Wildman–Crippen LogP) is 3.48. The quantitative estimate of drug-likeness (QED) is 0.173. The number of carboxylic acids is 1. The van der Waals surface area contributed by atoms with Crippen LogP contribution >= 0.6 is 0 Å². The molecule has 0 unspecified atom stereocenters. The summed E-state index contributed by atoms with van der Waals surface area (Å²) in [5.74, 6) is -1.12. The molecule has 0 aliphatic carbocycles. The van der Waals surface area contributed by atoms with Crippen LogP contribution in [0.3, 0.4) is 0 Å². The van der Waals surface area contributed by atoms with Crippen LogP contribution in [-0.2, 0) is 14.9 Å². The number of aliphatic carboxylic acids is 1. The summed E-state index contributed by atoms with van der Waals surface area (Å²) in [4.78, 5) is 9.89. The summed E-state index contributed by atoms with van der Waals surface area (Å²) in [7, 11) is 5.88. The fraction of sp³-hybridized carbons (Fsp3) is 0.958. The fourth-order valence-corrected chi connectivity index (χ4v) is 4.05. The van der Waals surface area contributed by atoms with Crippen molar-refractivity contribution in [2.24, 2.45) is 0 Å². The smallest absolute Gasteiger partial charge is 0.265 e. The molecule has 1 N–H and O–H groups in total. The zero-order valence-corrected chi connectivity index (χ0v) is 22.7. The highest BCUT2D eigenvalue weighted by Gasteiger charge is 2.16. The molecule has 0 fully saturated rings. The zero-order valence-electron chi connectivity index (χ0n) is 21.9. The molecule has 0 aromatic rings. The molecule has 0 bridgehead atoms. The van der Waals surface area contributed by atoms with Crippen LogP contribution in [0.25, 0.3) is 0 Å². The maximum Gasteiger partial charge on any atom is 0.265 e. The molecule has 0 aromatic carbocycles. The van der Waals surface area contributed by atoms with Gasteiger partial charge in [0.25, 0.3) is 10.1 Å². The van der Waals surface area contributed by atoms with Crippen LogP contribution in [0.5, 0.6) is 0 Å². The first-order chi connectivity index (χ1) is 14.7. The molecule has 0 amide bonds. The monoisotopic (exact) mass is 481 g/mol. The zero-order chi connectivity index (χ0) is 25.1. The molecule has 0 heterocycles. The third kappa shape index (κ3) is 31.5. The second kappa shape index (κ2) is 18.7. The van der Waals surface area contributed by atoms with Crippen molar-refractivity contribution in [2.75, 3.05) is 60.6 Å². The van der Waals surface area contributed by atoms with E-state index < -0.39 is 16.1 Å². The van der Waals surface area contributed by atoms with E-state index in [9.17, 15) is 18.3 Å². The molecule has 0 saturated carbocycles. The highest BCUT2D eigenvalue weighted by atomic mass is 32.2. The molecular weight excluding hydrogens is 428 g/mol. The van der Waals surface area contributed by atoms with Crippen molar-refractivity contribution in [1.29, 1.82) is 0 Å². The van der Waals surface area contributed by atoms with Gasteiger partial charge >= 0.3 is 0 Å². The summed E-state index contributed by atoms with van der Waals surface area (Å²) in [5.41, 5.74) is 0. The van der Waals surface area contributed by atoms with Crippen LogP contribution in [0.1, 0.15) is 90.4 Å². The summed E-state index contributed by atoms with van der Waals surface area (Å²) >= 11 is 0. The summed E-state index contributed by atoms with van der Waals surface area (Å²) in [5, 5.41) is 9.89. The van der Waals surface area contributed by atoms with Gasteiger partial charge in [-0.25, -0.2) is 0 Å². The molecule has 0 radical (unpaired) electrons. The van der Waals surface area contributed by atoms with E-state index >= 15 is 0 Å². The van der Waals surface area contributed by atoms with E-state index in [1.807, 2.05) is 0 Å². The van der Waals surface area contributed by atoms with Crippen molar-refractivity contribution in [2.45, 2.75) is 90.4 Å². The summed E-state index contributed by atoms with van der Waals surface area (Å²) in [6.07, 6.45) is 16.8. The summed E-state index contributed by atoms with van der Waals surface area (Å²) in [6, 6.07) is 0. The predicted molar refractivity (Wildman–Crippen MR) is 132 cm³/mol. The Morgan fingerprint density at radius 1 is 0.719 bits per heavy atom. The van der Waals surface area contributed by atoms with Gasteiger partial charge in [0.15, 0.2) is 0 Å². The van der Waals surface area contributed by atoms with Gasteiger partial charge in [-0.2, -0.15) is 8.42 Å². The highest BCUT2D eigenvalue weighted by molar-refractivity contribution is 7.85. The molecule has 0 atom stereocenters. The van der Waals surface area contributed by atoms with Crippen molar-refractivity contribution in [3.63, 3.8) is 0 Å². The fourth-order valence-electron chi connectivity index (χ4n) is 3.55. The van der Waals surface area contributed by atoms with Gasteiger partial charge in [0.05, 0.1) is 60.1 Å². The maximum atomic E-state index is 10.7. The molecule has 0 aromatic heterocycles. The Morgan fingerprint density at radius 2 is 1.09 bits per heavy atom. The lowest BCUT2D eigenvalue weighted by molar-refractivity contribution is -0.890. The number of quaternary nitrogens is 2. The maximum absolute atomic E-state index is 10.7. The Hall–Kier alpha value is -0.700. The van der Waals surface area contributed by atoms with E-state index in [1.54, 1.807) is 21.1 Å². The molecule has 0 spiro atoms. The average molecular weight is 482 g/mol. The lowest BCUT2D eigenvalue weighted by atomic mass is 10.1. The van der Waals surface area contributed by atoms with E-state index in [0.717, 1.165) is 17.6 Å². The second-order valence-corrected chi connectivity index (χ2v) is 12.3. The Balaban J connectivity index is 0. The van der Waals surface area contributed by atoms with Gasteiger partial charge < -0.3 is 18.9 Å². The van der Waals surface area contributed by atoms with Gasteiger partial charge in [-0.1, -0.05) is 71.1 Å². The molecule has 32 heavy (non-hydrogen) atoms. The topological polar surface area (TPSA) is 94.5 Å². The number of carbonyl (C=O) groups is 1. The SMILES string of the molecule is CCCCCCCCCCCCCC[N+](C)(C)CCCS(=O)(=O)O.C[N+](C)(C)CC(=O)[O-]. The normalized spacial score (nSPS) is 12.3. The molecule has 0 aliphatic rings. The van der Waals surface area contributed by atoms with Gasteiger partial charge in [-0.15, -0.1) is 0 Å². The van der Waals surface area contributed by atoms with E-state index in [0.29, 0.717) is 10.9 Å². The molecule has 0 rings (SSSR count). The van der Waals surface area contributed by atoms with E-state index in [-0.39, 0.29) is 12.3 Å². The van der Waals surface area contributed by atoms with E-state index in [2.05, 4.69) is 21.0 Å². The minimum atomic E-state index is -3.80. The number of unbranched alkanes of at least 4 members (excludes halogenated alkanes) is 11. The molecule has 8 heteroatoms. The van der Waals surface area contributed by atoms with Crippen molar-refractivity contribution >= 4 is 16.1 Å². The number of likely N-dealkylation sites (N-methyl/N-ethyl adjacent to an activating group) is 1. The van der Waals surface area contributed by atoms with Crippen molar-refractivity contribution < 1.29 is 31.8 Å². The Labute approximate surface area is 199 Å². The van der Waals surface area contributed by atoms with E-state index in [1.165, 1.54) is 77.0 Å². The summed E-state index contributed by atoms with van der Waals surface area (Å²) < 4.78 is 31.5. The Bertz CT molecular complexity index is 557. The molecule has 0 saturated heterocycles. The van der Waals surface area contributed by atoms with Crippen molar-refractivity contribution in [1.82, 2.24) is 0 Å². The molecule has 194 valence electrons. The van der Waals surface area contributed by atoms with E-state index in [4.69, 9.17) is 4.55 Å². The first kappa shape index (κ1) is 33.5. The van der Waals surface area contributed by atoms with Crippen LogP contribution in [0.2, 0.25) is 0 Å². The first-order valence-corrected chi connectivity index (χ1v) is 14.1. The molecule has 0 aliphatic heterocycles. The second-order valence-electron chi connectivity index (χ2n) is 10.7. The van der Waals surface area contributed by atoms with Crippen LogP contribution in [0, 0.1) is 0 Å². The average Bonchev–Trinajstić information content (AvgIpc) is 2.59. The van der Waals surface area contributed by atoms with Gasteiger partial charge in [0.2, 0.25) is 0 Å². The number of hydrogen-bond donors (Lipinski definition) is 1. The van der Waals surface area contributed by atoms with Crippen LogP contribution in [-0.4, -0.2) is 88.5 Å². The lowest BCUT2D eigenvalue weighted by Gasteiger charge is -2.29. The van der Waals surface area contributed by atoms with Crippen LogP contribution in [0.4, 0.5) is 0 Å². The minimum Gasteiger partial charge on any atom is -0.544 e. The summed E-state index contributed by atoms with van der Waals surface area (Å²) in [6.45, 7) is 4.22. The van der Waals surface area contributed by atoms with Crippen LogP contribution < -0.4 is 5.11 Å². The third-order valence-electron chi connectivity index (χ3n) is 5.39. The van der Waals surface area contributed by atoms with Crippen molar-refractivity contribution in [3.05, 3.63) is 0 Å². The number of carbonyl (C=O) groups excluding carboxylic acids is 1. The number of carboxylic acid groups (broad SMARTS) is 1. The van der Waals surface area contributed by atoms with Gasteiger partial charge in [-0.05, 0) is 12.8 Å². The van der Waals surface area contributed by atoms with Crippen LogP contribution in [0.15, 0.2) is 0 Å². The number of nitrogens with zero attached hydrogens (tertiary/aromatic N) is 2. The van der Waals surface area contributed by atoms with Gasteiger partial charge in [0.1, 0.15) is 6.54 Å².